The summed E-state index contributed by atoms with van der Waals surface area (Å²) in [5.74, 6) is 0.930. The monoisotopic (exact) mass is 223 g/mol. The SMILES string of the molecule is CNC(CO)COc1c(C)cc(C)cc1C. The zero-order valence-corrected chi connectivity index (χ0v) is 10.5. The Morgan fingerprint density at radius 3 is 2.25 bits per heavy atom. The topological polar surface area (TPSA) is 41.5 Å². The van der Waals surface area contributed by atoms with Crippen LogP contribution in [0.2, 0.25) is 0 Å². The lowest BCUT2D eigenvalue weighted by molar-refractivity contribution is 0.188. The number of rotatable bonds is 5. The molecule has 1 rings (SSSR count). The van der Waals surface area contributed by atoms with Crippen molar-refractivity contribution in [2.24, 2.45) is 0 Å². The van der Waals surface area contributed by atoms with Gasteiger partial charge in [-0.25, -0.2) is 0 Å². The lowest BCUT2D eigenvalue weighted by atomic mass is 10.1. The van der Waals surface area contributed by atoms with Gasteiger partial charge in [0, 0.05) is 0 Å². The van der Waals surface area contributed by atoms with Gasteiger partial charge in [-0.3, -0.25) is 0 Å². The Morgan fingerprint density at radius 2 is 1.81 bits per heavy atom. The van der Waals surface area contributed by atoms with E-state index in [0.717, 1.165) is 16.9 Å². The van der Waals surface area contributed by atoms with E-state index in [1.54, 1.807) is 0 Å². The summed E-state index contributed by atoms with van der Waals surface area (Å²) in [7, 11) is 1.82. The Morgan fingerprint density at radius 1 is 1.25 bits per heavy atom. The van der Waals surface area contributed by atoms with E-state index in [1.807, 2.05) is 20.9 Å². The molecule has 1 atom stereocenters. The molecule has 16 heavy (non-hydrogen) atoms. The maximum Gasteiger partial charge on any atom is 0.125 e. The van der Waals surface area contributed by atoms with Gasteiger partial charge in [-0.1, -0.05) is 17.7 Å². The van der Waals surface area contributed by atoms with Crippen LogP contribution in [0.4, 0.5) is 0 Å². The standard InChI is InChI=1S/C13H21NO2/c1-9-5-10(2)13(11(3)6-9)16-8-12(7-15)14-4/h5-6,12,14-15H,7-8H2,1-4H3. The molecule has 0 bridgehead atoms. The van der Waals surface area contributed by atoms with Gasteiger partial charge in [0.25, 0.3) is 0 Å². The Labute approximate surface area is 97.4 Å². The summed E-state index contributed by atoms with van der Waals surface area (Å²) >= 11 is 0. The summed E-state index contributed by atoms with van der Waals surface area (Å²) < 4.78 is 5.74. The summed E-state index contributed by atoms with van der Waals surface area (Å²) in [5, 5.41) is 12.0. The van der Waals surface area contributed by atoms with Crippen molar-refractivity contribution in [2.75, 3.05) is 20.3 Å². The maximum absolute atomic E-state index is 9.04. The highest BCUT2D eigenvalue weighted by atomic mass is 16.5. The number of aliphatic hydroxyl groups is 1. The zero-order valence-electron chi connectivity index (χ0n) is 10.5. The second-order valence-corrected chi connectivity index (χ2v) is 4.21. The number of hydrogen-bond donors (Lipinski definition) is 2. The van der Waals surface area contributed by atoms with E-state index in [1.165, 1.54) is 5.56 Å². The average Bonchev–Trinajstić information content (AvgIpc) is 2.22. The average molecular weight is 223 g/mol. The van der Waals surface area contributed by atoms with Crippen molar-refractivity contribution < 1.29 is 9.84 Å². The largest absolute Gasteiger partial charge is 0.491 e. The summed E-state index contributed by atoms with van der Waals surface area (Å²) in [6.45, 7) is 6.73. The Kier molecular flexibility index (Phi) is 4.77. The Hall–Kier alpha value is -1.06. The fourth-order valence-electron chi connectivity index (χ4n) is 1.81. The van der Waals surface area contributed by atoms with Crippen LogP contribution in [0.25, 0.3) is 0 Å². The molecule has 0 aliphatic rings. The number of nitrogens with one attached hydrogen (secondary N) is 1. The number of hydrogen-bond acceptors (Lipinski definition) is 3. The summed E-state index contributed by atoms with van der Waals surface area (Å²) in [4.78, 5) is 0. The predicted octanol–water partition coefficient (Wildman–Crippen LogP) is 1.57. The predicted molar refractivity (Wildman–Crippen MR) is 66.1 cm³/mol. The summed E-state index contributed by atoms with van der Waals surface area (Å²) in [6.07, 6.45) is 0. The molecular weight excluding hydrogens is 202 g/mol. The quantitative estimate of drug-likeness (QED) is 0.796. The molecule has 0 radical (unpaired) electrons. The van der Waals surface area contributed by atoms with E-state index in [4.69, 9.17) is 9.84 Å². The first-order valence-electron chi connectivity index (χ1n) is 5.57. The van der Waals surface area contributed by atoms with Gasteiger partial charge in [0.2, 0.25) is 0 Å². The molecule has 1 aromatic rings. The first-order valence-corrected chi connectivity index (χ1v) is 5.57. The molecule has 0 fully saturated rings. The van der Waals surface area contributed by atoms with Crippen LogP contribution < -0.4 is 10.1 Å². The molecule has 1 unspecified atom stereocenters. The molecule has 0 saturated carbocycles. The molecular formula is C13H21NO2. The third-order valence-electron chi connectivity index (χ3n) is 2.66. The molecule has 0 aliphatic heterocycles. The highest BCUT2D eigenvalue weighted by molar-refractivity contribution is 5.42. The van der Waals surface area contributed by atoms with Crippen LogP contribution >= 0.6 is 0 Å². The lowest BCUT2D eigenvalue weighted by Gasteiger charge is -2.17. The molecule has 0 spiro atoms. The number of benzene rings is 1. The molecule has 0 heterocycles. The van der Waals surface area contributed by atoms with Gasteiger partial charge in [0.1, 0.15) is 12.4 Å². The van der Waals surface area contributed by atoms with Gasteiger partial charge < -0.3 is 15.2 Å². The van der Waals surface area contributed by atoms with Crippen molar-refractivity contribution >= 4 is 0 Å². The van der Waals surface area contributed by atoms with Crippen molar-refractivity contribution in [3.05, 3.63) is 28.8 Å². The minimum absolute atomic E-state index is 0.0138. The van der Waals surface area contributed by atoms with Crippen LogP contribution in [0.15, 0.2) is 12.1 Å². The van der Waals surface area contributed by atoms with E-state index < -0.39 is 0 Å². The van der Waals surface area contributed by atoms with Crippen LogP contribution in [-0.2, 0) is 0 Å². The number of likely N-dealkylation sites (N-methyl/N-ethyl adjacent to an activating group) is 1. The van der Waals surface area contributed by atoms with E-state index in [0.29, 0.717) is 6.61 Å². The molecule has 90 valence electrons. The van der Waals surface area contributed by atoms with Crippen molar-refractivity contribution in [3.8, 4) is 5.75 Å². The van der Waals surface area contributed by atoms with Gasteiger partial charge in [-0.15, -0.1) is 0 Å². The molecule has 0 aliphatic carbocycles. The number of ether oxygens (including phenoxy) is 1. The first-order chi connectivity index (χ1) is 7.58. The van der Waals surface area contributed by atoms with E-state index in [9.17, 15) is 0 Å². The van der Waals surface area contributed by atoms with Crippen molar-refractivity contribution in [1.29, 1.82) is 0 Å². The smallest absolute Gasteiger partial charge is 0.125 e. The van der Waals surface area contributed by atoms with Crippen LogP contribution in [0.5, 0.6) is 5.75 Å². The van der Waals surface area contributed by atoms with Crippen molar-refractivity contribution in [1.82, 2.24) is 5.32 Å². The van der Waals surface area contributed by atoms with Gasteiger partial charge in [-0.05, 0) is 38.9 Å². The second kappa shape index (κ2) is 5.87. The van der Waals surface area contributed by atoms with E-state index in [-0.39, 0.29) is 12.6 Å². The van der Waals surface area contributed by atoms with Crippen molar-refractivity contribution in [3.63, 3.8) is 0 Å². The fourth-order valence-corrected chi connectivity index (χ4v) is 1.81. The van der Waals surface area contributed by atoms with Crippen LogP contribution in [0, 0.1) is 20.8 Å². The normalized spacial score (nSPS) is 12.6. The third kappa shape index (κ3) is 3.22. The number of aliphatic hydroxyl groups excluding tert-OH is 1. The summed E-state index contributed by atoms with van der Waals surface area (Å²) in [6, 6.07) is 4.20. The zero-order chi connectivity index (χ0) is 12.1. The van der Waals surface area contributed by atoms with Crippen LogP contribution in [0.1, 0.15) is 16.7 Å². The highest BCUT2D eigenvalue weighted by Crippen LogP contribution is 2.24. The molecule has 0 amide bonds. The van der Waals surface area contributed by atoms with Gasteiger partial charge >= 0.3 is 0 Å². The molecule has 3 nitrogen and oxygen atoms in total. The van der Waals surface area contributed by atoms with E-state index >= 15 is 0 Å². The van der Waals surface area contributed by atoms with Crippen LogP contribution in [-0.4, -0.2) is 31.4 Å². The summed E-state index contributed by atoms with van der Waals surface area (Å²) in [5.41, 5.74) is 3.53. The Bertz CT molecular complexity index is 323. The minimum Gasteiger partial charge on any atom is -0.491 e. The van der Waals surface area contributed by atoms with Gasteiger partial charge in [0.15, 0.2) is 0 Å². The lowest BCUT2D eigenvalue weighted by Crippen LogP contribution is -2.35. The molecule has 0 saturated heterocycles. The maximum atomic E-state index is 9.04. The van der Waals surface area contributed by atoms with Crippen molar-refractivity contribution in [2.45, 2.75) is 26.8 Å². The molecule has 3 heteroatoms. The fraction of sp³-hybridized carbons (Fsp3) is 0.538. The number of aryl methyl sites for hydroxylation is 3. The molecule has 2 N–H and O–H groups in total. The van der Waals surface area contributed by atoms with Gasteiger partial charge in [-0.2, -0.15) is 0 Å². The third-order valence-corrected chi connectivity index (χ3v) is 2.66. The van der Waals surface area contributed by atoms with Gasteiger partial charge in [0.05, 0.1) is 12.6 Å². The molecule has 1 aromatic carbocycles. The van der Waals surface area contributed by atoms with Crippen LogP contribution in [0.3, 0.4) is 0 Å². The molecule has 0 aromatic heterocycles. The van der Waals surface area contributed by atoms with E-state index in [2.05, 4.69) is 24.4 Å². The minimum atomic E-state index is -0.0138. The highest BCUT2D eigenvalue weighted by Gasteiger charge is 2.09. The second-order valence-electron chi connectivity index (χ2n) is 4.21. The Balaban J connectivity index is 2.74. The first kappa shape index (κ1) is 13.0.